The third-order valence-corrected chi connectivity index (χ3v) is 4.04. The Bertz CT molecular complexity index is 107. The number of rotatable bonds is 1. The van der Waals surface area contributed by atoms with Crippen molar-refractivity contribution in [2.45, 2.75) is 210 Å². The Balaban J connectivity index is -0.0000000168. The standard InChI is InChI=1S/3C5H10.C3H8O.C2H5Br.4C2H6.CH4O.6CH4/c3*1-2-4-5-3-1;1-3-4-2;1-2-3;5*1-2;;;;;;/h3*1-5H2;3H2,1-2H3;2H2,1H3;4*1-2H3;2H,1H3;6*1H4. The topological polar surface area (TPSA) is 29.5 Å². The van der Waals surface area contributed by atoms with Crippen LogP contribution in [0.3, 0.4) is 0 Å². The Hall–Kier alpha value is 0.400. The van der Waals surface area contributed by atoms with Gasteiger partial charge in [-0.15, -0.1) is 0 Å². The summed E-state index contributed by atoms with van der Waals surface area (Å²) in [7, 11) is 2.68. The lowest BCUT2D eigenvalue weighted by molar-refractivity contribution is 0.215. The fourth-order valence-electron chi connectivity index (χ4n) is 2.65. The molecule has 3 heteroatoms. The SMILES string of the molecule is C.C.C.C.C.C.C1CCCC1.C1CCCC1.C1CCCC1.CC.CC.CC.CC.CCBr.CCOC.CO. The molecule has 0 aromatic rings. The van der Waals surface area contributed by atoms with Crippen molar-refractivity contribution in [3.8, 4) is 0 Å². The van der Waals surface area contributed by atoms with Crippen molar-refractivity contribution in [3.05, 3.63) is 0 Å². The van der Waals surface area contributed by atoms with Gasteiger partial charge in [-0.2, -0.15) is 0 Å². The number of hydrogen-bond donors (Lipinski definition) is 1. The summed E-state index contributed by atoms with van der Waals surface area (Å²) in [6.07, 6.45) is 22.5. The number of alkyl halides is 1. The summed E-state index contributed by atoms with van der Waals surface area (Å²) in [6.45, 7) is 20.8. The molecule has 0 bridgehead atoms. The third-order valence-electron chi connectivity index (χ3n) is 4.04. The molecule has 3 aliphatic rings. The number of methoxy groups -OCH3 is 1. The quantitative estimate of drug-likeness (QED) is 0.293. The molecule has 0 unspecified atom stereocenters. The fourth-order valence-corrected chi connectivity index (χ4v) is 2.65. The van der Waals surface area contributed by atoms with E-state index in [0.29, 0.717) is 0 Å². The van der Waals surface area contributed by atoms with Crippen LogP contribution in [-0.4, -0.2) is 31.3 Å². The molecular formula is C35H95BrO2. The Morgan fingerprint density at radius 3 is 0.500 bits per heavy atom. The lowest BCUT2D eigenvalue weighted by atomic mass is 10.4. The molecule has 3 aliphatic carbocycles. The summed E-state index contributed by atoms with van der Waals surface area (Å²) in [4.78, 5) is 0. The fraction of sp³-hybridized carbons (Fsp3) is 1.00. The molecule has 254 valence electrons. The van der Waals surface area contributed by atoms with Crippen LogP contribution < -0.4 is 0 Å². The van der Waals surface area contributed by atoms with E-state index in [1.807, 2.05) is 69.2 Å². The zero-order valence-corrected chi connectivity index (χ0v) is 26.8. The number of aliphatic hydroxyl groups excluding tert-OH is 1. The first-order chi connectivity index (χ1) is 15.8. The molecule has 38 heavy (non-hydrogen) atoms. The predicted molar refractivity (Wildman–Crippen MR) is 200 cm³/mol. The molecule has 0 radical (unpaired) electrons. The van der Waals surface area contributed by atoms with Crippen LogP contribution in [0.5, 0.6) is 0 Å². The molecule has 3 rings (SSSR count). The highest BCUT2D eigenvalue weighted by Gasteiger charge is 1.96. The molecule has 0 aromatic carbocycles. The zero-order chi connectivity index (χ0) is 26.7. The van der Waals surface area contributed by atoms with E-state index in [-0.39, 0.29) is 44.6 Å². The van der Waals surface area contributed by atoms with Crippen molar-refractivity contribution in [1.82, 2.24) is 0 Å². The Kier molecular flexibility index (Phi) is 321. The molecule has 0 spiro atoms. The highest BCUT2D eigenvalue weighted by molar-refractivity contribution is 9.09. The van der Waals surface area contributed by atoms with Crippen LogP contribution in [0.2, 0.25) is 0 Å². The maximum Gasteiger partial charge on any atom is 0.0433 e. The largest absolute Gasteiger partial charge is 0.400 e. The van der Waals surface area contributed by atoms with Gasteiger partial charge in [0.05, 0.1) is 0 Å². The van der Waals surface area contributed by atoms with Crippen molar-refractivity contribution in [1.29, 1.82) is 0 Å². The van der Waals surface area contributed by atoms with E-state index in [9.17, 15) is 0 Å². The summed E-state index contributed by atoms with van der Waals surface area (Å²) in [5, 5.41) is 8.06. The minimum Gasteiger partial charge on any atom is -0.400 e. The Labute approximate surface area is 261 Å². The van der Waals surface area contributed by atoms with Gasteiger partial charge < -0.3 is 9.84 Å². The van der Waals surface area contributed by atoms with E-state index >= 15 is 0 Å². The summed E-state index contributed by atoms with van der Waals surface area (Å²) >= 11 is 3.15. The van der Waals surface area contributed by atoms with E-state index in [1.54, 1.807) is 7.11 Å². The van der Waals surface area contributed by atoms with E-state index < -0.39 is 0 Å². The maximum absolute atomic E-state index is 7.00. The average Bonchev–Trinajstić information content (AvgIpc) is 3.73. The summed E-state index contributed by atoms with van der Waals surface area (Å²) in [5.74, 6) is 0. The smallest absolute Gasteiger partial charge is 0.0433 e. The number of ether oxygens (including phenoxy) is 1. The van der Waals surface area contributed by atoms with Crippen molar-refractivity contribution in [2.75, 3.05) is 26.2 Å². The van der Waals surface area contributed by atoms with Crippen LogP contribution in [0.1, 0.15) is 210 Å². The van der Waals surface area contributed by atoms with Gasteiger partial charge in [0.2, 0.25) is 0 Å². The minimum atomic E-state index is 0. The lowest BCUT2D eigenvalue weighted by Crippen LogP contribution is -1.73. The van der Waals surface area contributed by atoms with Crippen LogP contribution in [-0.2, 0) is 4.74 Å². The van der Waals surface area contributed by atoms with Gasteiger partial charge in [0.1, 0.15) is 0 Å². The molecule has 0 amide bonds. The Morgan fingerprint density at radius 1 is 0.421 bits per heavy atom. The molecule has 2 nitrogen and oxygen atoms in total. The molecule has 0 aliphatic heterocycles. The van der Waals surface area contributed by atoms with Gasteiger partial charge >= 0.3 is 0 Å². The van der Waals surface area contributed by atoms with Gasteiger partial charge in [0, 0.05) is 26.2 Å². The molecule has 3 fully saturated rings. The summed E-state index contributed by atoms with van der Waals surface area (Å²) < 4.78 is 4.54. The highest BCUT2D eigenvalue weighted by Crippen LogP contribution is 2.16. The molecule has 3 saturated carbocycles. The summed E-state index contributed by atoms with van der Waals surface area (Å²) in [5.41, 5.74) is 0. The van der Waals surface area contributed by atoms with Crippen molar-refractivity contribution in [2.24, 2.45) is 0 Å². The van der Waals surface area contributed by atoms with Gasteiger partial charge in [-0.3, -0.25) is 0 Å². The van der Waals surface area contributed by atoms with E-state index in [1.165, 1.54) is 96.3 Å². The van der Waals surface area contributed by atoms with Gasteiger partial charge in [-0.05, 0) is 6.92 Å². The van der Waals surface area contributed by atoms with Crippen molar-refractivity contribution < 1.29 is 9.84 Å². The number of halogens is 1. The molecule has 0 atom stereocenters. The van der Waals surface area contributed by atoms with Gasteiger partial charge in [0.25, 0.3) is 0 Å². The molecule has 0 aromatic heterocycles. The average molecular weight is 628 g/mol. The second-order valence-corrected chi connectivity index (χ2v) is 7.27. The van der Waals surface area contributed by atoms with Crippen molar-refractivity contribution >= 4 is 15.9 Å². The predicted octanol–water partition coefficient (Wildman–Crippen LogP) is 15.4. The van der Waals surface area contributed by atoms with Crippen LogP contribution in [0.15, 0.2) is 0 Å². The van der Waals surface area contributed by atoms with Crippen LogP contribution in [0.25, 0.3) is 0 Å². The molecule has 0 saturated heterocycles. The molecular weight excluding hydrogens is 532 g/mol. The van der Waals surface area contributed by atoms with E-state index in [0.717, 1.165) is 19.0 Å². The van der Waals surface area contributed by atoms with Crippen molar-refractivity contribution in [3.63, 3.8) is 0 Å². The van der Waals surface area contributed by atoms with E-state index in [2.05, 4.69) is 20.7 Å². The first-order valence-electron chi connectivity index (χ1n) is 14.3. The Morgan fingerprint density at radius 2 is 0.474 bits per heavy atom. The molecule has 0 heterocycles. The number of aliphatic hydroxyl groups is 1. The van der Waals surface area contributed by atoms with Gasteiger partial charge in [-0.25, -0.2) is 0 Å². The first kappa shape index (κ1) is 83.3. The first-order valence-corrected chi connectivity index (χ1v) is 15.4. The van der Waals surface area contributed by atoms with E-state index in [4.69, 9.17) is 5.11 Å². The number of hydrogen-bond acceptors (Lipinski definition) is 2. The van der Waals surface area contributed by atoms with Crippen LogP contribution >= 0.6 is 15.9 Å². The highest BCUT2D eigenvalue weighted by atomic mass is 79.9. The second-order valence-electron chi connectivity index (χ2n) is 6.15. The minimum absolute atomic E-state index is 0. The zero-order valence-electron chi connectivity index (χ0n) is 25.3. The molecule has 1 N–H and O–H groups in total. The van der Waals surface area contributed by atoms with Gasteiger partial charge in [0.15, 0.2) is 0 Å². The normalized spacial score (nSPS) is 11.5. The van der Waals surface area contributed by atoms with Gasteiger partial charge in [-0.1, -0.05) is 219 Å². The second kappa shape index (κ2) is 146. The third kappa shape index (κ3) is 170. The van der Waals surface area contributed by atoms with Crippen LogP contribution in [0, 0.1) is 0 Å². The summed E-state index contributed by atoms with van der Waals surface area (Å²) in [6, 6.07) is 0. The maximum atomic E-state index is 7.00. The lowest BCUT2D eigenvalue weighted by Gasteiger charge is -1.76. The monoisotopic (exact) mass is 627 g/mol. The van der Waals surface area contributed by atoms with Crippen LogP contribution in [0.4, 0.5) is 0 Å².